The number of ether oxygens (including phenoxy) is 1. The van der Waals surface area contributed by atoms with Gasteiger partial charge in [0.1, 0.15) is 5.75 Å². The summed E-state index contributed by atoms with van der Waals surface area (Å²) in [6.07, 6.45) is 3.53. The second-order valence-electron chi connectivity index (χ2n) is 4.24. The van der Waals surface area contributed by atoms with E-state index >= 15 is 0 Å². The zero-order valence-corrected chi connectivity index (χ0v) is 12.8. The number of fused-ring (bicyclic) bond motifs is 1. The number of aryl methyl sites for hydroxylation is 1. The summed E-state index contributed by atoms with van der Waals surface area (Å²) in [6, 6.07) is 6.19. The van der Waals surface area contributed by atoms with Crippen molar-refractivity contribution in [1.82, 2.24) is 5.32 Å². The summed E-state index contributed by atoms with van der Waals surface area (Å²) >= 11 is 0. The molecule has 1 aliphatic heterocycles. The Balaban J connectivity index is 0.000000573. The van der Waals surface area contributed by atoms with E-state index in [4.69, 9.17) is 4.74 Å². The molecule has 3 nitrogen and oxygen atoms in total. The Labute approximate surface area is 117 Å². The number of benzene rings is 1. The van der Waals surface area contributed by atoms with E-state index in [1.807, 2.05) is 6.07 Å². The van der Waals surface area contributed by atoms with Crippen molar-refractivity contribution in [1.29, 1.82) is 0 Å². The van der Waals surface area contributed by atoms with Gasteiger partial charge in [0.15, 0.2) is 0 Å². The first-order valence-electron chi connectivity index (χ1n) is 6.90. The third-order valence-corrected chi connectivity index (χ3v) is 2.60. The highest BCUT2D eigenvalue weighted by atomic mass is 16.5. The quantitative estimate of drug-likeness (QED) is 0.819. The van der Waals surface area contributed by atoms with Crippen LogP contribution in [-0.2, 0) is 6.42 Å². The van der Waals surface area contributed by atoms with Crippen LogP contribution in [0.1, 0.15) is 37.8 Å². The maximum Gasteiger partial charge on any atom is 0.119 e. The van der Waals surface area contributed by atoms with Gasteiger partial charge >= 0.3 is 0 Å². The van der Waals surface area contributed by atoms with Crippen molar-refractivity contribution in [3.05, 3.63) is 35.9 Å². The SMILES string of the molecule is C=C1NCCCc2ccc(OC)cc21.CCC.CN. The van der Waals surface area contributed by atoms with Gasteiger partial charge in [-0.25, -0.2) is 0 Å². The summed E-state index contributed by atoms with van der Waals surface area (Å²) in [5.41, 5.74) is 8.07. The molecule has 0 spiro atoms. The summed E-state index contributed by atoms with van der Waals surface area (Å²) in [5, 5.41) is 3.30. The number of hydrogen-bond donors (Lipinski definition) is 2. The lowest BCUT2D eigenvalue weighted by Gasteiger charge is -2.10. The van der Waals surface area contributed by atoms with Crippen molar-refractivity contribution in [2.45, 2.75) is 33.1 Å². The minimum Gasteiger partial charge on any atom is -0.497 e. The van der Waals surface area contributed by atoms with Crippen LogP contribution in [0.5, 0.6) is 5.75 Å². The molecule has 0 bridgehead atoms. The summed E-state index contributed by atoms with van der Waals surface area (Å²) < 4.78 is 5.20. The van der Waals surface area contributed by atoms with Crippen LogP contribution >= 0.6 is 0 Å². The Hall–Kier alpha value is -1.48. The van der Waals surface area contributed by atoms with E-state index in [0.717, 1.165) is 24.4 Å². The van der Waals surface area contributed by atoms with E-state index in [1.165, 1.54) is 31.0 Å². The predicted molar refractivity (Wildman–Crippen MR) is 84.4 cm³/mol. The van der Waals surface area contributed by atoms with Crippen molar-refractivity contribution in [3.63, 3.8) is 0 Å². The summed E-state index contributed by atoms with van der Waals surface area (Å²) in [6.45, 7) is 9.28. The molecular formula is C16H28N2O. The number of hydrogen-bond acceptors (Lipinski definition) is 3. The van der Waals surface area contributed by atoms with Crippen molar-refractivity contribution >= 4 is 5.70 Å². The molecule has 0 atom stereocenters. The monoisotopic (exact) mass is 264 g/mol. The highest BCUT2D eigenvalue weighted by Gasteiger charge is 2.10. The molecule has 0 saturated heterocycles. The Morgan fingerprint density at radius 2 is 1.95 bits per heavy atom. The van der Waals surface area contributed by atoms with E-state index < -0.39 is 0 Å². The van der Waals surface area contributed by atoms with Gasteiger partial charge in [-0.15, -0.1) is 0 Å². The summed E-state index contributed by atoms with van der Waals surface area (Å²) in [7, 11) is 3.19. The number of methoxy groups -OCH3 is 1. The van der Waals surface area contributed by atoms with Crippen LogP contribution in [0.2, 0.25) is 0 Å². The third kappa shape index (κ3) is 5.79. The van der Waals surface area contributed by atoms with Crippen molar-refractivity contribution in [2.24, 2.45) is 5.73 Å². The van der Waals surface area contributed by atoms with Crippen molar-refractivity contribution in [3.8, 4) is 5.75 Å². The fourth-order valence-electron chi connectivity index (χ4n) is 1.79. The van der Waals surface area contributed by atoms with Gasteiger partial charge in [0.2, 0.25) is 0 Å². The third-order valence-electron chi connectivity index (χ3n) is 2.60. The molecule has 0 fully saturated rings. The average Bonchev–Trinajstić information content (AvgIpc) is 2.64. The molecule has 0 aromatic heterocycles. The van der Waals surface area contributed by atoms with Gasteiger partial charge < -0.3 is 15.8 Å². The second kappa shape index (κ2) is 10.4. The van der Waals surface area contributed by atoms with Crippen LogP contribution in [0, 0.1) is 0 Å². The van der Waals surface area contributed by atoms with E-state index in [-0.39, 0.29) is 0 Å². The minimum atomic E-state index is 0.897. The molecular weight excluding hydrogens is 236 g/mol. The zero-order valence-electron chi connectivity index (χ0n) is 12.8. The number of nitrogens with two attached hydrogens (primary N) is 1. The molecule has 1 heterocycles. The predicted octanol–water partition coefficient (Wildman–Crippen LogP) is 3.19. The van der Waals surface area contributed by atoms with E-state index in [1.54, 1.807) is 7.11 Å². The highest BCUT2D eigenvalue weighted by Crippen LogP contribution is 2.25. The van der Waals surface area contributed by atoms with Gasteiger partial charge in [-0.1, -0.05) is 32.9 Å². The fourth-order valence-corrected chi connectivity index (χ4v) is 1.79. The van der Waals surface area contributed by atoms with Gasteiger partial charge in [0, 0.05) is 17.8 Å². The van der Waals surface area contributed by atoms with E-state index in [9.17, 15) is 0 Å². The molecule has 108 valence electrons. The maximum absolute atomic E-state index is 5.20. The molecule has 1 aliphatic rings. The second-order valence-corrected chi connectivity index (χ2v) is 4.24. The van der Waals surface area contributed by atoms with Crippen molar-refractivity contribution < 1.29 is 4.74 Å². The lowest BCUT2D eigenvalue weighted by molar-refractivity contribution is 0.414. The molecule has 3 N–H and O–H groups in total. The number of nitrogens with one attached hydrogen (secondary N) is 1. The summed E-state index contributed by atoms with van der Waals surface area (Å²) in [5.74, 6) is 0.897. The van der Waals surface area contributed by atoms with Crippen LogP contribution in [0.15, 0.2) is 24.8 Å². The topological polar surface area (TPSA) is 47.3 Å². The first-order valence-corrected chi connectivity index (χ1v) is 6.90. The molecule has 3 heteroatoms. The zero-order chi connectivity index (χ0) is 14.7. The standard InChI is InChI=1S/C12H15NO.C3H8.CH5N/c1-9-12-8-11(14-2)6-5-10(12)4-3-7-13-9;1-3-2;1-2/h5-6,8,13H,1,3-4,7H2,2H3;3H2,1-2H3;2H2,1H3. The number of rotatable bonds is 1. The Kier molecular flexibility index (Phi) is 9.63. The van der Waals surface area contributed by atoms with Gasteiger partial charge in [-0.3, -0.25) is 0 Å². The Morgan fingerprint density at radius 3 is 2.53 bits per heavy atom. The van der Waals surface area contributed by atoms with Crippen LogP contribution in [0.4, 0.5) is 0 Å². The average molecular weight is 264 g/mol. The lowest BCUT2D eigenvalue weighted by Crippen LogP contribution is -2.10. The van der Waals surface area contributed by atoms with Gasteiger partial charge in [0.05, 0.1) is 7.11 Å². The van der Waals surface area contributed by atoms with Gasteiger partial charge in [0.25, 0.3) is 0 Å². The largest absolute Gasteiger partial charge is 0.497 e. The molecule has 0 amide bonds. The first kappa shape index (κ1) is 17.5. The molecule has 1 aromatic rings. The summed E-state index contributed by atoms with van der Waals surface area (Å²) in [4.78, 5) is 0. The fraction of sp³-hybridized carbons (Fsp3) is 0.500. The van der Waals surface area contributed by atoms with Crippen LogP contribution < -0.4 is 15.8 Å². The van der Waals surface area contributed by atoms with E-state index in [0.29, 0.717) is 0 Å². The molecule has 2 rings (SSSR count). The van der Waals surface area contributed by atoms with Gasteiger partial charge in [-0.05, 0) is 37.6 Å². The van der Waals surface area contributed by atoms with Crippen LogP contribution in [-0.4, -0.2) is 20.7 Å². The molecule has 0 unspecified atom stereocenters. The van der Waals surface area contributed by atoms with Crippen LogP contribution in [0.25, 0.3) is 5.70 Å². The normalized spacial score (nSPS) is 12.6. The molecule has 0 aliphatic carbocycles. The molecule has 19 heavy (non-hydrogen) atoms. The van der Waals surface area contributed by atoms with Crippen molar-refractivity contribution in [2.75, 3.05) is 20.7 Å². The Morgan fingerprint density at radius 1 is 1.32 bits per heavy atom. The Bertz CT molecular complexity index is 375. The lowest BCUT2D eigenvalue weighted by atomic mass is 10.0. The van der Waals surface area contributed by atoms with Gasteiger partial charge in [-0.2, -0.15) is 0 Å². The van der Waals surface area contributed by atoms with E-state index in [2.05, 4.69) is 43.6 Å². The van der Waals surface area contributed by atoms with Crippen LogP contribution in [0.3, 0.4) is 0 Å². The highest BCUT2D eigenvalue weighted by molar-refractivity contribution is 5.66. The smallest absolute Gasteiger partial charge is 0.119 e. The first-order chi connectivity index (χ1) is 9.22. The molecule has 0 radical (unpaired) electrons. The molecule has 1 aromatic carbocycles. The minimum absolute atomic E-state index is 0.897. The molecule has 0 saturated carbocycles. The maximum atomic E-state index is 5.20.